The molecule has 0 bridgehead atoms. The molecule has 0 amide bonds. The van der Waals surface area contributed by atoms with E-state index in [4.69, 9.17) is 1.37 Å². The number of aromatic nitrogens is 2. The Hall–Kier alpha value is -1.51. The molecular weight excluding hydrogens is 150 g/mol. The zero-order chi connectivity index (χ0) is 9.26. The Bertz CT molecular complexity index is 422. The summed E-state index contributed by atoms with van der Waals surface area (Å²) in [6.45, 7) is 2.78. The first-order valence-corrected chi connectivity index (χ1v) is 4.00. The van der Waals surface area contributed by atoms with Crippen molar-refractivity contribution in [3.8, 4) is 0 Å². The van der Waals surface area contributed by atoms with E-state index in [9.17, 15) is 0 Å². The largest absolute Gasteiger partial charge is 0.369 e. The summed E-state index contributed by atoms with van der Waals surface area (Å²) < 4.78 is 9.49. The zero-order valence-electron chi connectivity index (χ0n) is 7.91. The Balaban J connectivity index is 2.60. The highest BCUT2D eigenvalue weighted by Crippen LogP contribution is 2.09. The van der Waals surface area contributed by atoms with E-state index in [1.54, 1.807) is 4.52 Å². The number of rotatable bonds is 2. The van der Waals surface area contributed by atoms with Crippen LogP contribution in [0, 0.1) is 0 Å². The highest BCUT2D eigenvalue weighted by molar-refractivity contribution is 5.55. The summed E-state index contributed by atoms with van der Waals surface area (Å²) in [7, 11) is 0. The van der Waals surface area contributed by atoms with Crippen LogP contribution in [-0.2, 0) is 0 Å². The topological polar surface area (TPSA) is 29.3 Å². The standard InChI is InChI=1S/C9H11N3/c1-2-10-9-7-8-5-3-4-6-12(8)11-9/h3-7H,2H2,1H3,(H,10,11)/i7D. The van der Waals surface area contributed by atoms with E-state index < -0.39 is 0 Å². The number of pyridine rings is 1. The molecule has 2 heterocycles. The van der Waals surface area contributed by atoms with Gasteiger partial charge >= 0.3 is 0 Å². The SMILES string of the molecule is [2H]c1c(NCC)nn2ccccc12. The number of fused-ring (bicyclic) bond motifs is 1. The molecule has 0 saturated carbocycles. The third-order valence-electron chi connectivity index (χ3n) is 1.64. The molecule has 0 fully saturated rings. The average Bonchev–Trinajstić information content (AvgIpc) is 2.46. The molecule has 3 nitrogen and oxygen atoms in total. The van der Waals surface area contributed by atoms with Gasteiger partial charge in [-0.2, -0.15) is 5.10 Å². The molecule has 0 aromatic carbocycles. The van der Waals surface area contributed by atoms with Gasteiger partial charge in [0.25, 0.3) is 0 Å². The van der Waals surface area contributed by atoms with Crippen molar-refractivity contribution in [1.29, 1.82) is 0 Å². The molecule has 12 heavy (non-hydrogen) atoms. The quantitative estimate of drug-likeness (QED) is 0.729. The maximum Gasteiger partial charge on any atom is 0.149 e. The van der Waals surface area contributed by atoms with Crippen molar-refractivity contribution >= 4 is 11.3 Å². The molecular formula is C9H11N3. The van der Waals surface area contributed by atoms with E-state index >= 15 is 0 Å². The van der Waals surface area contributed by atoms with Crippen molar-refractivity contribution in [3.05, 3.63) is 30.4 Å². The van der Waals surface area contributed by atoms with Crippen LogP contribution in [0.3, 0.4) is 0 Å². The van der Waals surface area contributed by atoms with Crippen LogP contribution in [0.15, 0.2) is 30.4 Å². The molecule has 0 spiro atoms. The molecule has 3 heteroatoms. The van der Waals surface area contributed by atoms with Gasteiger partial charge in [-0.05, 0) is 19.1 Å². The third kappa shape index (κ3) is 1.13. The monoisotopic (exact) mass is 162 g/mol. The zero-order valence-corrected chi connectivity index (χ0v) is 6.91. The minimum atomic E-state index is 0.461. The van der Waals surface area contributed by atoms with Crippen molar-refractivity contribution in [2.75, 3.05) is 11.9 Å². The first-order valence-electron chi connectivity index (χ1n) is 4.50. The first-order chi connectivity index (χ1) is 6.33. The van der Waals surface area contributed by atoms with Crippen LogP contribution in [0.2, 0.25) is 0 Å². The van der Waals surface area contributed by atoms with Crippen molar-refractivity contribution < 1.29 is 1.37 Å². The van der Waals surface area contributed by atoms with Gasteiger partial charge in [-0.1, -0.05) is 6.07 Å². The summed E-state index contributed by atoms with van der Waals surface area (Å²) in [6.07, 6.45) is 1.84. The predicted octanol–water partition coefficient (Wildman–Crippen LogP) is 1.77. The Labute approximate surface area is 72.4 Å². The van der Waals surface area contributed by atoms with Crippen molar-refractivity contribution in [3.63, 3.8) is 0 Å². The van der Waals surface area contributed by atoms with E-state index in [-0.39, 0.29) is 0 Å². The molecule has 0 radical (unpaired) electrons. The normalized spacial score (nSPS) is 11.6. The van der Waals surface area contributed by atoms with E-state index in [1.165, 1.54) is 0 Å². The average molecular weight is 162 g/mol. The van der Waals surface area contributed by atoms with Gasteiger partial charge in [-0.15, -0.1) is 0 Å². The third-order valence-corrected chi connectivity index (χ3v) is 1.64. The van der Waals surface area contributed by atoms with Gasteiger partial charge in [0.1, 0.15) is 5.82 Å². The van der Waals surface area contributed by atoms with Crippen LogP contribution in [0.5, 0.6) is 0 Å². The summed E-state index contributed by atoms with van der Waals surface area (Å²) in [5, 5.41) is 7.27. The van der Waals surface area contributed by atoms with Gasteiger partial charge in [-0.3, -0.25) is 0 Å². The number of hydrogen-bond donors (Lipinski definition) is 1. The van der Waals surface area contributed by atoms with Gasteiger partial charge < -0.3 is 5.32 Å². The fourth-order valence-corrected chi connectivity index (χ4v) is 1.12. The molecule has 62 valence electrons. The fraction of sp³-hybridized carbons (Fsp3) is 0.222. The van der Waals surface area contributed by atoms with E-state index in [0.717, 1.165) is 12.1 Å². The Morgan fingerprint density at radius 1 is 1.67 bits per heavy atom. The van der Waals surface area contributed by atoms with Crippen LogP contribution in [-0.4, -0.2) is 16.2 Å². The summed E-state index contributed by atoms with van der Waals surface area (Å²) in [5.41, 5.74) is 0.832. The highest BCUT2D eigenvalue weighted by atomic mass is 15.3. The van der Waals surface area contributed by atoms with Crippen molar-refractivity contribution in [2.24, 2.45) is 0 Å². The minimum absolute atomic E-state index is 0.461. The lowest BCUT2D eigenvalue weighted by atomic mass is 10.4. The second-order valence-corrected chi connectivity index (χ2v) is 2.53. The number of hydrogen-bond acceptors (Lipinski definition) is 2. The molecule has 0 unspecified atom stereocenters. The summed E-state index contributed by atoms with van der Waals surface area (Å²) in [4.78, 5) is 0. The van der Waals surface area contributed by atoms with Gasteiger partial charge in [0.2, 0.25) is 0 Å². The molecule has 2 rings (SSSR count). The van der Waals surface area contributed by atoms with E-state index in [1.807, 2.05) is 31.3 Å². The van der Waals surface area contributed by atoms with Crippen molar-refractivity contribution in [1.82, 2.24) is 9.61 Å². The maximum absolute atomic E-state index is 7.78. The number of anilines is 1. The second-order valence-electron chi connectivity index (χ2n) is 2.53. The van der Waals surface area contributed by atoms with E-state index in [0.29, 0.717) is 11.9 Å². The first kappa shape index (κ1) is 6.06. The lowest BCUT2D eigenvalue weighted by molar-refractivity contribution is 0.955. The summed E-state index contributed by atoms with van der Waals surface area (Å²) >= 11 is 0. The molecule has 1 N–H and O–H groups in total. The molecule has 0 aliphatic heterocycles. The lowest BCUT2D eigenvalue weighted by Crippen LogP contribution is -1.96. The minimum Gasteiger partial charge on any atom is -0.369 e. The van der Waals surface area contributed by atoms with Crippen molar-refractivity contribution in [2.45, 2.75) is 6.92 Å². The van der Waals surface area contributed by atoms with Crippen LogP contribution < -0.4 is 5.32 Å². The Kier molecular flexibility index (Phi) is 1.44. The fourth-order valence-electron chi connectivity index (χ4n) is 1.12. The Morgan fingerprint density at radius 3 is 3.33 bits per heavy atom. The predicted molar refractivity (Wildman–Crippen MR) is 49.4 cm³/mol. The number of nitrogens with zero attached hydrogens (tertiary/aromatic N) is 2. The molecule has 2 aromatic rings. The number of nitrogens with one attached hydrogen (secondary N) is 1. The summed E-state index contributed by atoms with van der Waals surface area (Å²) in [5.74, 6) is 0.647. The molecule has 0 atom stereocenters. The van der Waals surface area contributed by atoms with Gasteiger partial charge in [-0.25, -0.2) is 4.52 Å². The smallest absolute Gasteiger partial charge is 0.149 e. The van der Waals surface area contributed by atoms with Crippen LogP contribution in [0.25, 0.3) is 5.52 Å². The summed E-state index contributed by atoms with van der Waals surface area (Å²) in [6, 6.07) is 6.15. The van der Waals surface area contributed by atoms with Gasteiger partial charge in [0, 0.05) is 18.8 Å². The van der Waals surface area contributed by atoms with Crippen LogP contribution in [0.1, 0.15) is 8.29 Å². The highest BCUT2D eigenvalue weighted by Gasteiger charge is 1.96. The maximum atomic E-state index is 7.78. The Morgan fingerprint density at radius 2 is 2.58 bits per heavy atom. The van der Waals surface area contributed by atoms with Gasteiger partial charge in [0.05, 0.1) is 6.89 Å². The molecule has 2 aromatic heterocycles. The van der Waals surface area contributed by atoms with E-state index in [2.05, 4.69) is 10.4 Å². The molecule has 0 aliphatic rings. The van der Waals surface area contributed by atoms with Crippen LogP contribution in [0.4, 0.5) is 5.82 Å². The molecule has 0 aliphatic carbocycles. The van der Waals surface area contributed by atoms with Crippen LogP contribution >= 0.6 is 0 Å². The lowest BCUT2D eigenvalue weighted by Gasteiger charge is -1.92. The second kappa shape index (κ2) is 2.85. The molecule has 0 saturated heterocycles. The van der Waals surface area contributed by atoms with Gasteiger partial charge in [0.15, 0.2) is 0 Å².